The van der Waals surface area contributed by atoms with Gasteiger partial charge in [-0.1, -0.05) is 41.7 Å². The van der Waals surface area contributed by atoms with Crippen molar-refractivity contribution < 1.29 is 22.7 Å². The van der Waals surface area contributed by atoms with Crippen molar-refractivity contribution in [1.82, 2.24) is 9.71 Å². The van der Waals surface area contributed by atoms with Crippen LogP contribution < -0.4 is 10.0 Å². The van der Waals surface area contributed by atoms with Crippen LogP contribution in [0.1, 0.15) is 33.4 Å². The molecule has 0 bridgehead atoms. The van der Waals surface area contributed by atoms with E-state index in [9.17, 15) is 18.0 Å². The Morgan fingerprint density at radius 2 is 1.82 bits per heavy atom. The number of sulfonamides is 1. The smallest absolute Gasteiger partial charge is 0.350 e. The van der Waals surface area contributed by atoms with Crippen LogP contribution in [0, 0.1) is 11.3 Å². The van der Waals surface area contributed by atoms with E-state index < -0.39 is 21.9 Å². The van der Waals surface area contributed by atoms with Gasteiger partial charge in [-0.2, -0.15) is 5.26 Å². The van der Waals surface area contributed by atoms with Gasteiger partial charge in [0.15, 0.2) is 5.13 Å². The zero-order valence-corrected chi connectivity index (χ0v) is 19.2. The highest BCUT2D eigenvalue weighted by molar-refractivity contribution is 7.89. The lowest BCUT2D eigenvalue weighted by atomic mass is 10.1. The number of benzene rings is 2. The van der Waals surface area contributed by atoms with Gasteiger partial charge < -0.3 is 4.74 Å². The van der Waals surface area contributed by atoms with Crippen molar-refractivity contribution in [1.29, 1.82) is 5.26 Å². The first kappa shape index (κ1) is 24.1. The fourth-order valence-electron chi connectivity index (χ4n) is 2.78. The molecule has 0 saturated carbocycles. The van der Waals surface area contributed by atoms with E-state index in [4.69, 9.17) is 10.00 Å². The Morgan fingerprint density at radius 3 is 2.45 bits per heavy atom. The lowest BCUT2D eigenvalue weighted by Gasteiger charge is -2.06. The number of esters is 1. The fourth-order valence-corrected chi connectivity index (χ4v) is 4.69. The van der Waals surface area contributed by atoms with Gasteiger partial charge in [0.25, 0.3) is 5.91 Å². The summed E-state index contributed by atoms with van der Waals surface area (Å²) < 4.78 is 31.8. The Morgan fingerprint density at radius 1 is 1.12 bits per heavy atom. The van der Waals surface area contributed by atoms with Gasteiger partial charge in [0.1, 0.15) is 4.88 Å². The number of nitriles is 1. The third-order valence-corrected chi connectivity index (χ3v) is 6.74. The maximum absolute atomic E-state index is 12.7. The molecule has 1 aromatic heterocycles. The Balaban J connectivity index is 1.80. The molecule has 0 unspecified atom stereocenters. The van der Waals surface area contributed by atoms with Crippen LogP contribution in [0.2, 0.25) is 0 Å². The number of rotatable bonds is 9. The number of anilines is 1. The van der Waals surface area contributed by atoms with E-state index >= 15 is 0 Å². The zero-order valence-electron chi connectivity index (χ0n) is 17.6. The second-order valence-electron chi connectivity index (χ2n) is 6.57. The Kier molecular flexibility index (Phi) is 7.89. The summed E-state index contributed by atoms with van der Waals surface area (Å²) in [5.41, 5.74) is 1.31. The minimum atomic E-state index is -3.78. The van der Waals surface area contributed by atoms with E-state index in [1.54, 1.807) is 19.1 Å². The Bertz CT molecular complexity index is 1280. The molecule has 3 aromatic rings. The summed E-state index contributed by atoms with van der Waals surface area (Å²) in [5.74, 6) is -1.05. The predicted octanol–water partition coefficient (Wildman–Crippen LogP) is 3.43. The molecule has 0 radical (unpaired) electrons. The number of nitrogens with zero attached hydrogens (tertiary/aromatic N) is 2. The molecule has 3 rings (SSSR count). The minimum Gasteiger partial charge on any atom is -0.462 e. The summed E-state index contributed by atoms with van der Waals surface area (Å²) in [6.07, 6.45) is 0.0479. The molecular weight excluding hydrogens is 464 g/mol. The number of carbonyl (C=O) groups excluding carboxylic acids is 2. The minimum absolute atomic E-state index is 0.00232. The quantitative estimate of drug-likeness (QED) is 0.350. The number of ether oxygens (including phenoxy) is 1. The highest BCUT2D eigenvalue weighted by Gasteiger charge is 2.22. The lowest BCUT2D eigenvalue weighted by molar-refractivity contribution is 0.0532. The number of hydrogen-bond acceptors (Lipinski definition) is 8. The first-order valence-corrected chi connectivity index (χ1v) is 12.2. The van der Waals surface area contributed by atoms with E-state index in [1.807, 2.05) is 24.3 Å². The normalized spacial score (nSPS) is 10.9. The first-order chi connectivity index (χ1) is 15.9. The van der Waals surface area contributed by atoms with Crippen LogP contribution in [0.3, 0.4) is 0 Å². The van der Waals surface area contributed by atoms with Gasteiger partial charge in [0, 0.05) is 24.1 Å². The molecule has 33 heavy (non-hydrogen) atoms. The van der Waals surface area contributed by atoms with Crippen LogP contribution in [-0.2, 0) is 14.8 Å². The van der Waals surface area contributed by atoms with Crippen LogP contribution in [-0.4, -0.2) is 38.4 Å². The molecule has 0 saturated heterocycles. The molecule has 2 N–H and O–H groups in total. The summed E-state index contributed by atoms with van der Waals surface area (Å²) >= 11 is 0.994. The molecule has 170 valence electrons. The SMILES string of the molecule is CCOC(=O)c1sc(NC(=O)c2ccc(S(=O)(=O)NCCC#N)cc2)nc1-c1ccccc1. The van der Waals surface area contributed by atoms with Gasteiger partial charge >= 0.3 is 5.97 Å². The van der Waals surface area contributed by atoms with E-state index in [1.165, 1.54) is 24.3 Å². The predicted molar refractivity (Wildman–Crippen MR) is 123 cm³/mol. The fraction of sp³-hybridized carbons (Fsp3) is 0.182. The molecule has 0 spiro atoms. The summed E-state index contributed by atoms with van der Waals surface area (Å²) in [5, 5.41) is 11.4. The highest BCUT2D eigenvalue weighted by atomic mass is 32.2. The van der Waals surface area contributed by atoms with E-state index in [2.05, 4.69) is 15.0 Å². The average molecular weight is 485 g/mol. The van der Waals surface area contributed by atoms with Crippen LogP contribution in [0.15, 0.2) is 59.5 Å². The largest absolute Gasteiger partial charge is 0.462 e. The van der Waals surface area contributed by atoms with Gasteiger partial charge in [-0.15, -0.1) is 0 Å². The molecule has 1 amide bonds. The maximum atomic E-state index is 12.7. The van der Waals surface area contributed by atoms with Crippen molar-refractivity contribution in [3.63, 3.8) is 0 Å². The molecule has 11 heteroatoms. The number of hydrogen-bond donors (Lipinski definition) is 2. The van der Waals surface area contributed by atoms with E-state index in [0.29, 0.717) is 11.3 Å². The van der Waals surface area contributed by atoms with Crippen LogP contribution in [0.5, 0.6) is 0 Å². The number of carbonyl (C=O) groups is 2. The van der Waals surface area contributed by atoms with E-state index in [-0.39, 0.29) is 40.0 Å². The van der Waals surface area contributed by atoms with Crippen molar-refractivity contribution in [2.45, 2.75) is 18.2 Å². The average Bonchev–Trinajstić information content (AvgIpc) is 3.24. The molecular formula is C22H20N4O5S2. The van der Waals surface area contributed by atoms with Crippen LogP contribution in [0.25, 0.3) is 11.3 Å². The number of thiazole rings is 1. The summed E-state index contributed by atoms with van der Waals surface area (Å²) in [6, 6.07) is 16.2. The monoisotopic (exact) mass is 484 g/mol. The third-order valence-electron chi connectivity index (χ3n) is 4.31. The van der Waals surface area contributed by atoms with Gasteiger partial charge in [-0.05, 0) is 31.2 Å². The second-order valence-corrected chi connectivity index (χ2v) is 9.33. The van der Waals surface area contributed by atoms with Gasteiger partial charge in [0.05, 0.1) is 23.3 Å². The van der Waals surface area contributed by atoms with E-state index in [0.717, 1.165) is 11.3 Å². The van der Waals surface area contributed by atoms with Crippen molar-refractivity contribution in [3.8, 4) is 17.3 Å². The highest BCUT2D eigenvalue weighted by Crippen LogP contribution is 2.32. The number of nitrogens with one attached hydrogen (secondary N) is 2. The molecule has 9 nitrogen and oxygen atoms in total. The molecule has 0 fully saturated rings. The molecule has 0 atom stereocenters. The first-order valence-electron chi connectivity index (χ1n) is 9.87. The lowest BCUT2D eigenvalue weighted by Crippen LogP contribution is -2.24. The molecule has 0 aliphatic rings. The maximum Gasteiger partial charge on any atom is 0.350 e. The summed E-state index contributed by atoms with van der Waals surface area (Å²) in [7, 11) is -3.78. The Hall–Kier alpha value is -3.59. The van der Waals surface area contributed by atoms with Crippen molar-refractivity contribution >= 4 is 38.4 Å². The topological polar surface area (TPSA) is 138 Å². The summed E-state index contributed by atoms with van der Waals surface area (Å²) in [6.45, 7) is 1.90. The van der Waals surface area contributed by atoms with Crippen molar-refractivity contribution in [2.24, 2.45) is 0 Å². The molecule has 0 aliphatic heterocycles. The zero-order chi connectivity index (χ0) is 23.8. The standard InChI is InChI=1S/C22H20N4O5S2/c1-2-31-21(28)19-18(15-7-4-3-5-8-15)25-22(32-19)26-20(27)16-9-11-17(12-10-16)33(29,30)24-14-6-13-23/h3-5,7-12,24H,2,6,14H2,1H3,(H,25,26,27). The van der Waals surface area contributed by atoms with Gasteiger partial charge in [-0.3, -0.25) is 10.1 Å². The molecule has 2 aromatic carbocycles. The van der Waals surface area contributed by atoms with Gasteiger partial charge in [0.2, 0.25) is 10.0 Å². The Labute approximate surface area is 195 Å². The summed E-state index contributed by atoms with van der Waals surface area (Å²) in [4.78, 5) is 29.7. The van der Waals surface area contributed by atoms with Crippen molar-refractivity contribution in [2.75, 3.05) is 18.5 Å². The molecule has 0 aliphatic carbocycles. The number of aromatic nitrogens is 1. The second kappa shape index (κ2) is 10.8. The van der Waals surface area contributed by atoms with Gasteiger partial charge in [-0.25, -0.2) is 22.9 Å². The van der Waals surface area contributed by atoms with Crippen LogP contribution in [0.4, 0.5) is 5.13 Å². The molecule has 1 heterocycles. The van der Waals surface area contributed by atoms with Crippen molar-refractivity contribution in [3.05, 3.63) is 65.0 Å². The third kappa shape index (κ3) is 6.01. The van der Waals surface area contributed by atoms with Crippen LogP contribution >= 0.6 is 11.3 Å². The number of amides is 1.